The molecule has 1 saturated heterocycles. The molecule has 20 heavy (non-hydrogen) atoms. The van der Waals surface area contributed by atoms with Gasteiger partial charge in [-0.15, -0.1) is 0 Å². The summed E-state index contributed by atoms with van der Waals surface area (Å²) < 4.78 is 0. The maximum atomic E-state index is 2.74. The molecule has 0 aromatic carbocycles. The number of rotatable bonds is 4. The molecule has 0 aromatic rings. The molecule has 0 spiro atoms. The molecule has 2 aliphatic rings. The molecular weight excluding hydrogens is 242 g/mol. The molecular formula is C19H39N. The van der Waals surface area contributed by atoms with E-state index in [1.54, 1.807) is 0 Å². The summed E-state index contributed by atoms with van der Waals surface area (Å²) in [4.78, 5) is 2.74. The van der Waals surface area contributed by atoms with Crippen molar-refractivity contribution in [3.63, 3.8) is 0 Å². The van der Waals surface area contributed by atoms with Crippen LogP contribution in [0.5, 0.6) is 0 Å². The standard InChI is InChI=1S/C17H33N.C2H6/c1-14(2)12-16-4-6-17(7-5-16)13-18-10-8-15(3)9-11-18;1-2/h14-17H,4-13H2,1-3H3;1-2H3. The molecule has 1 nitrogen and oxygen atoms in total. The van der Waals surface area contributed by atoms with Crippen molar-refractivity contribution in [1.82, 2.24) is 4.90 Å². The first-order valence-electron chi connectivity index (χ1n) is 9.35. The summed E-state index contributed by atoms with van der Waals surface area (Å²) in [5.74, 6) is 3.93. The van der Waals surface area contributed by atoms with E-state index in [1.165, 1.54) is 64.6 Å². The Hall–Kier alpha value is -0.0400. The minimum Gasteiger partial charge on any atom is -0.303 e. The minimum atomic E-state index is 0.898. The van der Waals surface area contributed by atoms with Gasteiger partial charge in [0.1, 0.15) is 0 Å². The number of hydrogen-bond donors (Lipinski definition) is 0. The van der Waals surface area contributed by atoms with Gasteiger partial charge < -0.3 is 4.90 Å². The van der Waals surface area contributed by atoms with Crippen LogP contribution in [-0.2, 0) is 0 Å². The molecule has 1 aliphatic carbocycles. The Morgan fingerprint density at radius 1 is 0.850 bits per heavy atom. The van der Waals surface area contributed by atoms with Gasteiger partial charge in [0.05, 0.1) is 0 Å². The van der Waals surface area contributed by atoms with Crippen molar-refractivity contribution >= 4 is 0 Å². The lowest BCUT2D eigenvalue weighted by Gasteiger charge is -2.36. The average Bonchev–Trinajstić information content (AvgIpc) is 2.45. The summed E-state index contributed by atoms with van der Waals surface area (Å²) in [6.07, 6.45) is 10.4. The van der Waals surface area contributed by atoms with Gasteiger partial charge in [-0.25, -0.2) is 0 Å². The fourth-order valence-corrected chi connectivity index (χ4v) is 3.93. The highest BCUT2D eigenvalue weighted by Gasteiger charge is 2.24. The molecule has 120 valence electrons. The van der Waals surface area contributed by atoms with E-state index in [-0.39, 0.29) is 0 Å². The molecule has 1 heteroatoms. The van der Waals surface area contributed by atoms with Gasteiger partial charge in [-0.2, -0.15) is 0 Å². The molecule has 0 atom stereocenters. The number of hydrogen-bond acceptors (Lipinski definition) is 1. The molecule has 1 aliphatic heterocycles. The third-order valence-corrected chi connectivity index (χ3v) is 5.16. The second kappa shape index (κ2) is 9.82. The fraction of sp³-hybridized carbons (Fsp3) is 1.00. The van der Waals surface area contributed by atoms with Crippen LogP contribution in [0.4, 0.5) is 0 Å². The number of likely N-dealkylation sites (tertiary alicyclic amines) is 1. The lowest BCUT2D eigenvalue weighted by Crippen LogP contribution is -2.37. The summed E-state index contributed by atoms with van der Waals surface area (Å²) in [5.41, 5.74) is 0. The quantitative estimate of drug-likeness (QED) is 0.648. The van der Waals surface area contributed by atoms with Crippen LogP contribution in [0.25, 0.3) is 0 Å². The molecule has 2 fully saturated rings. The zero-order valence-corrected chi connectivity index (χ0v) is 14.8. The summed E-state index contributed by atoms with van der Waals surface area (Å²) >= 11 is 0. The molecule has 0 aromatic heterocycles. The van der Waals surface area contributed by atoms with Crippen molar-refractivity contribution < 1.29 is 0 Å². The van der Waals surface area contributed by atoms with E-state index in [1.807, 2.05) is 13.8 Å². The Bertz CT molecular complexity index is 220. The van der Waals surface area contributed by atoms with Gasteiger partial charge in [-0.1, -0.05) is 47.5 Å². The Labute approximate surface area is 128 Å². The Morgan fingerprint density at radius 2 is 1.35 bits per heavy atom. The van der Waals surface area contributed by atoms with Gasteiger partial charge in [-0.3, -0.25) is 0 Å². The zero-order chi connectivity index (χ0) is 15.0. The zero-order valence-electron chi connectivity index (χ0n) is 14.8. The summed E-state index contributed by atoms with van der Waals surface area (Å²) in [5, 5.41) is 0. The smallest absolute Gasteiger partial charge is 0.000966 e. The summed E-state index contributed by atoms with van der Waals surface area (Å²) in [6.45, 7) is 15.3. The van der Waals surface area contributed by atoms with Crippen molar-refractivity contribution in [2.45, 2.75) is 79.6 Å². The van der Waals surface area contributed by atoms with E-state index in [2.05, 4.69) is 25.7 Å². The van der Waals surface area contributed by atoms with Gasteiger partial charge in [0.25, 0.3) is 0 Å². The molecule has 0 bridgehead atoms. The normalized spacial score (nSPS) is 29.1. The van der Waals surface area contributed by atoms with Crippen molar-refractivity contribution in [1.29, 1.82) is 0 Å². The summed E-state index contributed by atoms with van der Waals surface area (Å²) in [6, 6.07) is 0. The second-order valence-corrected chi connectivity index (χ2v) is 7.50. The molecule has 0 amide bonds. The molecule has 1 heterocycles. The van der Waals surface area contributed by atoms with Crippen LogP contribution in [0.1, 0.15) is 79.6 Å². The maximum Gasteiger partial charge on any atom is 0.000966 e. The Morgan fingerprint density at radius 3 is 1.85 bits per heavy atom. The maximum absolute atomic E-state index is 2.74. The van der Waals surface area contributed by atoms with Crippen molar-refractivity contribution in [2.75, 3.05) is 19.6 Å². The predicted octanol–water partition coefficient (Wildman–Crippen LogP) is 5.60. The SMILES string of the molecule is CC.CC(C)CC1CCC(CN2CCC(C)CC2)CC1. The van der Waals surface area contributed by atoms with Crippen LogP contribution in [0.3, 0.4) is 0 Å². The van der Waals surface area contributed by atoms with Crippen LogP contribution >= 0.6 is 0 Å². The van der Waals surface area contributed by atoms with Crippen molar-refractivity contribution in [3.8, 4) is 0 Å². The van der Waals surface area contributed by atoms with Gasteiger partial charge in [0, 0.05) is 6.54 Å². The fourth-order valence-electron chi connectivity index (χ4n) is 3.93. The largest absolute Gasteiger partial charge is 0.303 e. The highest BCUT2D eigenvalue weighted by atomic mass is 15.1. The molecule has 0 N–H and O–H groups in total. The monoisotopic (exact) mass is 281 g/mol. The second-order valence-electron chi connectivity index (χ2n) is 7.50. The molecule has 0 unspecified atom stereocenters. The van der Waals surface area contributed by atoms with Crippen LogP contribution in [0, 0.1) is 23.7 Å². The van der Waals surface area contributed by atoms with Crippen LogP contribution in [-0.4, -0.2) is 24.5 Å². The van der Waals surface area contributed by atoms with Crippen LogP contribution < -0.4 is 0 Å². The van der Waals surface area contributed by atoms with Crippen molar-refractivity contribution in [3.05, 3.63) is 0 Å². The highest BCUT2D eigenvalue weighted by molar-refractivity contribution is 4.78. The van der Waals surface area contributed by atoms with E-state index in [4.69, 9.17) is 0 Å². The average molecular weight is 282 g/mol. The van der Waals surface area contributed by atoms with E-state index in [0.29, 0.717) is 0 Å². The first-order valence-corrected chi connectivity index (χ1v) is 9.35. The Balaban J connectivity index is 0.000000956. The van der Waals surface area contributed by atoms with Crippen LogP contribution in [0.15, 0.2) is 0 Å². The topological polar surface area (TPSA) is 3.24 Å². The lowest BCUT2D eigenvalue weighted by molar-refractivity contribution is 0.137. The van der Waals surface area contributed by atoms with Gasteiger partial charge in [0.15, 0.2) is 0 Å². The Kier molecular flexibility index (Phi) is 8.84. The predicted molar refractivity (Wildman–Crippen MR) is 91.1 cm³/mol. The third kappa shape index (κ3) is 6.61. The van der Waals surface area contributed by atoms with Gasteiger partial charge >= 0.3 is 0 Å². The number of nitrogens with zero attached hydrogens (tertiary/aromatic N) is 1. The van der Waals surface area contributed by atoms with E-state index < -0.39 is 0 Å². The van der Waals surface area contributed by atoms with E-state index in [9.17, 15) is 0 Å². The van der Waals surface area contributed by atoms with E-state index in [0.717, 1.165) is 23.7 Å². The van der Waals surface area contributed by atoms with Gasteiger partial charge in [0.2, 0.25) is 0 Å². The molecule has 2 rings (SSSR count). The van der Waals surface area contributed by atoms with Gasteiger partial charge in [-0.05, 0) is 68.9 Å². The molecule has 0 radical (unpaired) electrons. The first-order chi connectivity index (χ1) is 9.63. The highest BCUT2D eigenvalue weighted by Crippen LogP contribution is 2.33. The third-order valence-electron chi connectivity index (χ3n) is 5.16. The first kappa shape index (κ1) is 18.0. The van der Waals surface area contributed by atoms with Crippen LogP contribution in [0.2, 0.25) is 0 Å². The van der Waals surface area contributed by atoms with Crippen molar-refractivity contribution in [2.24, 2.45) is 23.7 Å². The minimum absolute atomic E-state index is 0.898. The summed E-state index contributed by atoms with van der Waals surface area (Å²) in [7, 11) is 0. The number of piperidine rings is 1. The van der Waals surface area contributed by atoms with E-state index >= 15 is 0 Å². The lowest BCUT2D eigenvalue weighted by atomic mass is 9.78. The molecule has 1 saturated carbocycles.